The summed E-state index contributed by atoms with van der Waals surface area (Å²) in [6, 6.07) is 4.23. The van der Waals surface area contributed by atoms with Gasteiger partial charge in [-0.1, -0.05) is 11.3 Å². The number of ether oxygens (including phenoxy) is 1. The van der Waals surface area contributed by atoms with Gasteiger partial charge in [0.05, 0.1) is 18.8 Å². The van der Waals surface area contributed by atoms with Crippen molar-refractivity contribution in [1.82, 2.24) is 19.9 Å². The first kappa shape index (κ1) is 17.7. The van der Waals surface area contributed by atoms with Gasteiger partial charge in [0, 0.05) is 19.2 Å². The molecule has 3 N–H and O–H groups in total. The number of likely N-dealkylation sites (tertiary alicyclic amines) is 1. The highest BCUT2D eigenvalue weighted by Crippen LogP contribution is 2.29. The zero-order valence-corrected chi connectivity index (χ0v) is 13.8. The number of phenols is 1. The zero-order chi connectivity index (χ0) is 18.7. The predicted octanol–water partition coefficient (Wildman–Crippen LogP) is -0.494. The van der Waals surface area contributed by atoms with Gasteiger partial charge in [-0.05, 0) is 12.1 Å². The van der Waals surface area contributed by atoms with E-state index >= 15 is 0 Å². The fraction of sp³-hybridized carbons (Fsp3) is 0.375. The van der Waals surface area contributed by atoms with Gasteiger partial charge in [-0.15, -0.1) is 5.10 Å². The number of benzene rings is 1. The van der Waals surface area contributed by atoms with Crippen LogP contribution in [-0.4, -0.2) is 72.9 Å². The van der Waals surface area contributed by atoms with Gasteiger partial charge in [0.15, 0.2) is 0 Å². The van der Waals surface area contributed by atoms with Gasteiger partial charge >= 0.3 is 5.97 Å². The maximum atomic E-state index is 12.2. The first-order chi connectivity index (χ1) is 12.5. The maximum Gasteiger partial charge on any atom is 0.343 e. The number of amides is 1. The number of aliphatic hydroxyl groups is 1. The standard InChI is InChI=1S/C16H18N4O6/c21-5-4-10-6-20(18-17-10)9-14(23)19-7-11(8-19)26-13-3-1-2-12(22)15(13)16(24)25/h1-3,6,11,21-22H,4-5,7-9H2,(H,24,25). The molecule has 2 heterocycles. The number of carbonyl (C=O) groups excluding carboxylic acids is 1. The van der Waals surface area contributed by atoms with Crippen LogP contribution >= 0.6 is 0 Å². The lowest BCUT2D eigenvalue weighted by Gasteiger charge is -2.39. The summed E-state index contributed by atoms with van der Waals surface area (Å²) in [5.74, 6) is -1.75. The number of hydrogen-bond acceptors (Lipinski definition) is 7. The zero-order valence-electron chi connectivity index (χ0n) is 13.8. The highest BCUT2D eigenvalue weighted by Gasteiger charge is 2.33. The lowest BCUT2D eigenvalue weighted by Crippen LogP contribution is -2.57. The number of carbonyl (C=O) groups is 2. The Morgan fingerprint density at radius 1 is 1.31 bits per heavy atom. The van der Waals surface area contributed by atoms with Gasteiger partial charge in [-0.3, -0.25) is 4.79 Å². The van der Waals surface area contributed by atoms with Crippen molar-refractivity contribution in [2.24, 2.45) is 0 Å². The fourth-order valence-corrected chi connectivity index (χ4v) is 2.61. The number of carboxylic acids is 1. The van der Waals surface area contributed by atoms with Crippen molar-refractivity contribution in [2.45, 2.75) is 19.1 Å². The molecule has 10 heteroatoms. The molecule has 1 saturated heterocycles. The van der Waals surface area contributed by atoms with E-state index in [2.05, 4.69) is 10.3 Å². The van der Waals surface area contributed by atoms with Crippen molar-refractivity contribution < 1.29 is 29.6 Å². The van der Waals surface area contributed by atoms with Gasteiger partial charge in [-0.2, -0.15) is 0 Å². The highest BCUT2D eigenvalue weighted by molar-refractivity contribution is 5.94. The summed E-state index contributed by atoms with van der Waals surface area (Å²) >= 11 is 0. The van der Waals surface area contributed by atoms with E-state index < -0.39 is 5.97 Å². The number of aromatic nitrogens is 3. The highest BCUT2D eigenvalue weighted by atomic mass is 16.5. The van der Waals surface area contributed by atoms with Crippen molar-refractivity contribution >= 4 is 11.9 Å². The van der Waals surface area contributed by atoms with Crippen LogP contribution in [0.4, 0.5) is 0 Å². The summed E-state index contributed by atoms with van der Waals surface area (Å²) in [5, 5.41) is 35.3. The molecular formula is C16H18N4O6. The molecule has 1 aromatic carbocycles. The molecule has 3 rings (SSSR count). The summed E-state index contributed by atoms with van der Waals surface area (Å²) in [6.07, 6.45) is 1.64. The van der Waals surface area contributed by atoms with Gasteiger partial charge in [0.1, 0.15) is 29.7 Å². The van der Waals surface area contributed by atoms with Gasteiger partial charge in [-0.25, -0.2) is 9.48 Å². The molecule has 0 atom stereocenters. The van der Waals surface area contributed by atoms with Crippen molar-refractivity contribution in [3.05, 3.63) is 35.7 Å². The molecule has 0 unspecified atom stereocenters. The monoisotopic (exact) mass is 362 g/mol. The third kappa shape index (κ3) is 3.75. The smallest absolute Gasteiger partial charge is 0.343 e. The predicted molar refractivity (Wildman–Crippen MR) is 86.9 cm³/mol. The van der Waals surface area contributed by atoms with Gasteiger partial charge in [0.2, 0.25) is 5.91 Å². The number of aromatic carboxylic acids is 1. The van der Waals surface area contributed by atoms with Crippen LogP contribution in [-0.2, 0) is 17.8 Å². The summed E-state index contributed by atoms with van der Waals surface area (Å²) in [7, 11) is 0. The van der Waals surface area contributed by atoms with Crippen LogP contribution in [0, 0.1) is 0 Å². The molecule has 138 valence electrons. The maximum absolute atomic E-state index is 12.2. The average molecular weight is 362 g/mol. The molecule has 1 amide bonds. The normalized spacial score (nSPS) is 14.1. The molecule has 0 spiro atoms. The Balaban J connectivity index is 1.53. The number of aromatic hydroxyl groups is 1. The second-order valence-electron chi connectivity index (χ2n) is 5.88. The average Bonchev–Trinajstić information content (AvgIpc) is 2.97. The molecule has 10 nitrogen and oxygen atoms in total. The second-order valence-corrected chi connectivity index (χ2v) is 5.88. The van der Waals surface area contributed by atoms with Crippen molar-refractivity contribution in [3.8, 4) is 11.5 Å². The van der Waals surface area contributed by atoms with Crippen LogP contribution in [0.1, 0.15) is 16.1 Å². The number of rotatable bonds is 7. The Kier molecular flexibility index (Phi) is 5.03. The Hall–Kier alpha value is -3.14. The van der Waals surface area contributed by atoms with E-state index in [1.807, 2.05) is 0 Å². The third-order valence-corrected chi connectivity index (χ3v) is 3.96. The van der Waals surface area contributed by atoms with Crippen LogP contribution in [0.25, 0.3) is 0 Å². The third-order valence-electron chi connectivity index (χ3n) is 3.96. The van der Waals surface area contributed by atoms with Crippen LogP contribution in [0.5, 0.6) is 11.5 Å². The van der Waals surface area contributed by atoms with E-state index in [1.54, 1.807) is 11.1 Å². The first-order valence-electron chi connectivity index (χ1n) is 7.97. The van der Waals surface area contributed by atoms with E-state index in [0.29, 0.717) is 25.2 Å². The topological polar surface area (TPSA) is 138 Å². The number of carboxylic acid groups (broad SMARTS) is 1. The van der Waals surface area contributed by atoms with Gasteiger partial charge in [0.25, 0.3) is 0 Å². The van der Waals surface area contributed by atoms with E-state index in [9.17, 15) is 14.7 Å². The molecule has 0 saturated carbocycles. The SMILES string of the molecule is O=C(O)c1c(O)cccc1OC1CN(C(=O)Cn2cc(CCO)nn2)C1. The Morgan fingerprint density at radius 2 is 2.08 bits per heavy atom. The largest absolute Gasteiger partial charge is 0.507 e. The minimum atomic E-state index is -1.28. The Morgan fingerprint density at radius 3 is 2.77 bits per heavy atom. The van der Waals surface area contributed by atoms with Crippen molar-refractivity contribution in [1.29, 1.82) is 0 Å². The summed E-state index contributed by atoms with van der Waals surface area (Å²) in [5.41, 5.74) is 0.312. The molecule has 1 aromatic heterocycles. The minimum Gasteiger partial charge on any atom is -0.507 e. The van der Waals surface area contributed by atoms with E-state index in [4.69, 9.17) is 14.9 Å². The van der Waals surface area contributed by atoms with Gasteiger partial charge < -0.3 is 25.0 Å². The number of aliphatic hydroxyl groups excluding tert-OH is 1. The van der Waals surface area contributed by atoms with Crippen LogP contribution < -0.4 is 4.74 Å². The van der Waals surface area contributed by atoms with Crippen LogP contribution in [0.15, 0.2) is 24.4 Å². The lowest BCUT2D eigenvalue weighted by atomic mass is 10.1. The molecule has 1 aliphatic heterocycles. The van der Waals surface area contributed by atoms with Crippen molar-refractivity contribution in [3.63, 3.8) is 0 Å². The molecule has 0 radical (unpaired) electrons. The fourth-order valence-electron chi connectivity index (χ4n) is 2.61. The second kappa shape index (κ2) is 7.40. The molecule has 1 fully saturated rings. The molecule has 1 aliphatic rings. The molecular weight excluding hydrogens is 344 g/mol. The molecule has 0 aliphatic carbocycles. The lowest BCUT2D eigenvalue weighted by molar-refractivity contribution is -0.140. The molecule has 26 heavy (non-hydrogen) atoms. The molecule has 2 aromatic rings. The van der Waals surface area contributed by atoms with Crippen LogP contribution in [0.3, 0.4) is 0 Å². The Bertz CT molecular complexity index is 815. The van der Waals surface area contributed by atoms with Crippen molar-refractivity contribution in [2.75, 3.05) is 19.7 Å². The van der Waals surface area contributed by atoms with E-state index in [1.165, 1.54) is 22.9 Å². The quantitative estimate of drug-likeness (QED) is 0.600. The first-order valence-corrected chi connectivity index (χ1v) is 7.97. The summed E-state index contributed by atoms with van der Waals surface area (Å²) in [4.78, 5) is 25.0. The Labute approximate surface area is 148 Å². The summed E-state index contributed by atoms with van der Waals surface area (Å²) < 4.78 is 7.00. The number of nitrogens with zero attached hydrogens (tertiary/aromatic N) is 4. The minimum absolute atomic E-state index is 0.0254. The van der Waals surface area contributed by atoms with Crippen LogP contribution in [0.2, 0.25) is 0 Å². The molecule has 0 bridgehead atoms. The number of hydrogen-bond donors (Lipinski definition) is 3. The van der Waals surface area contributed by atoms with E-state index in [-0.39, 0.29) is 42.2 Å². The van der Waals surface area contributed by atoms with E-state index in [0.717, 1.165) is 0 Å². The summed E-state index contributed by atoms with van der Waals surface area (Å²) in [6.45, 7) is 0.611.